The van der Waals surface area contributed by atoms with Crippen molar-refractivity contribution < 1.29 is 4.42 Å². The normalized spacial score (nSPS) is 14.4. The summed E-state index contributed by atoms with van der Waals surface area (Å²) in [6.45, 7) is 3.23. The quantitative estimate of drug-likeness (QED) is 0.384. The summed E-state index contributed by atoms with van der Waals surface area (Å²) in [5, 5.41) is 1.29. The average Bonchev–Trinajstić information content (AvgIpc) is 3.16. The number of nitrogens with zero attached hydrogens (tertiary/aromatic N) is 1. The molecule has 5 rings (SSSR count). The first-order valence-electron chi connectivity index (χ1n) is 10.7. The molecule has 0 amide bonds. The molecule has 0 unspecified atom stereocenters. The van der Waals surface area contributed by atoms with Crippen molar-refractivity contribution in [2.75, 3.05) is 13.1 Å². The molecule has 4 aromatic rings. The van der Waals surface area contributed by atoms with Gasteiger partial charge in [-0.3, -0.25) is 4.90 Å². The highest BCUT2D eigenvalue weighted by atomic mass is 16.3. The molecule has 0 spiro atoms. The summed E-state index contributed by atoms with van der Waals surface area (Å²) in [5.74, 6) is 1.65. The van der Waals surface area contributed by atoms with Gasteiger partial charge in [0.15, 0.2) is 0 Å². The van der Waals surface area contributed by atoms with Crippen LogP contribution in [0.5, 0.6) is 0 Å². The minimum Gasteiger partial charge on any atom is -0.461 e. The lowest BCUT2D eigenvalue weighted by atomic mass is 9.87. The molecule has 0 atom stereocenters. The summed E-state index contributed by atoms with van der Waals surface area (Å²) in [7, 11) is 0. The first-order chi connectivity index (χ1) is 14.4. The van der Waals surface area contributed by atoms with Gasteiger partial charge in [0.1, 0.15) is 11.3 Å². The Morgan fingerprint density at radius 2 is 1.45 bits per heavy atom. The first kappa shape index (κ1) is 18.2. The molecule has 0 saturated heterocycles. The Morgan fingerprint density at radius 1 is 0.793 bits per heavy atom. The van der Waals surface area contributed by atoms with Gasteiger partial charge < -0.3 is 4.42 Å². The molecular weight excluding hydrogens is 354 g/mol. The second-order valence-corrected chi connectivity index (χ2v) is 8.04. The van der Waals surface area contributed by atoms with E-state index in [2.05, 4.69) is 89.8 Å². The van der Waals surface area contributed by atoms with Crippen LogP contribution in [0.15, 0.2) is 89.3 Å². The van der Waals surface area contributed by atoms with Crippen molar-refractivity contribution in [3.63, 3.8) is 0 Å². The monoisotopic (exact) mass is 381 g/mol. The third-order valence-corrected chi connectivity index (χ3v) is 6.19. The number of furan rings is 1. The molecule has 0 bridgehead atoms. The smallest absolute Gasteiger partial charge is 0.134 e. The molecule has 29 heavy (non-hydrogen) atoms. The molecule has 0 aliphatic carbocycles. The van der Waals surface area contributed by atoms with Crippen LogP contribution in [-0.2, 0) is 13.0 Å². The molecule has 3 aromatic carbocycles. The Morgan fingerprint density at radius 3 is 2.17 bits per heavy atom. The van der Waals surface area contributed by atoms with Crippen molar-refractivity contribution >= 4 is 11.0 Å². The summed E-state index contributed by atoms with van der Waals surface area (Å²) < 4.78 is 6.07. The number of fused-ring (bicyclic) bond motifs is 3. The van der Waals surface area contributed by atoms with Crippen molar-refractivity contribution in [3.8, 4) is 0 Å². The van der Waals surface area contributed by atoms with E-state index >= 15 is 0 Å². The lowest BCUT2D eigenvalue weighted by Gasteiger charge is -2.27. The highest BCUT2D eigenvalue weighted by molar-refractivity contribution is 5.82. The maximum Gasteiger partial charge on any atom is 0.134 e. The van der Waals surface area contributed by atoms with E-state index in [1.165, 1.54) is 40.7 Å². The molecule has 1 aromatic heterocycles. The Hall–Kier alpha value is -2.84. The summed E-state index contributed by atoms with van der Waals surface area (Å²) in [4.78, 5) is 2.59. The summed E-state index contributed by atoms with van der Waals surface area (Å²) in [6, 6.07) is 30.3. The SMILES string of the molecule is c1ccc(C(CCCN2CCc3oc4ccccc4c3C2)c2ccccc2)cc1. The van der Waals surface area contributed by atoms with E-state index in [9.17, 15) is 0 Å². The zero-order valence-corrected chi connectivity index (χ0v) is 16.8. The molecule has 146 valence electrons. The van der Waals surface area contributed by atoms with Crippen molar-refractivity contribution in [1.29, 1.82) is 0 Å². The van der Waals surface area contributed by atoms with Crippen LogP contribution in [0.2, 0.25) is 0 Å². The molecule has 2 heterocycles. The van der Waals surface area contributed by atoms with E-state index in [1.807, 2.05) is 0 Å². The Bertz CT molecular complexity index is 1030. The summed E-state index contributed by atoms with van der Waals surface area (Å²) in [6.07, 6.45) is 3.38. The second-order valence-electron chi connectivity index (χ2n) is 8.04. The highest BCUT2D eigenvalue weighted by Gasteiger charge is 2.22. The highest BCUT2D eigenvalue weighted by Crippen LogP contribution is 2.32. The largest absolute Gasteiger partial charge is 0.461 e. The zero-order valence-electron chi connectivity index (χ0n) is 16.8. The van der Waals surface area contributed by atoms with Gasteiger partial charge in [-0.2, -0.15) is 0 Å². The van der Waals surface area contributed by atoms with Crippen LogP contribution in [0.4, 0.5) is 0 Å². The van der Waals surface area contributed by atoms with Gasteiger partial charge in [-0.1, -0.05) is 78.9 Å². The summed E-state index contributed by atoms with van der Waals surface area (Å²) in [5.41, 5.74) is 5.27. The lowest BCUT2D eigenvalue weighted by molar-refractivity contribution is 0.238. The fourth-order valence-corrected chi connectivity index (χ4v) is 4.69. The Labute approximate surface area is 172 Å². The predicted molar refractivity (Wildman–Crippen MR) is 119 cm³/mol. The maximum atomic E-state index is 6.07. The van der Waals surface area contributed by atoms with E-state index in [0.717, 1.165) is 31.6 Å². The van der Waals surface area contributed by atoms with Crippen LogP contribution >= 0.6 is 0 Å². The third-order valence-electron chi connectivity index (χ3n) is 6.19. The number of hydrogen-bond donors (Lipinski definition) is 0. The van der Waals surface area contributed by atoms with Gasteiger partial charge in [0, 0.05) is 36.4 Å². The number of rotatable bonds is 6. The Kier molecular flexibility index (Phi) is 5.19. The first-order valence-corrected chi connectivity index (χ1v) is 10.7. The molecule has 2 heteroatoms. The van der Waals surface area contributed by atoms with Gasteiger partial charge in [-0.25, -0.2) is 0 Å². The standard InChI is InChI=1S/C27H27NO/c1-3-10-21(11-4-1)23(22-12-5-2-6-13-22)15-9-18-28-19-17-27-25(20-28)24-14-7-8-16-26(24)29-27/h1-8,10-14,16,23H,9,15,17-20H2. The van der Waals surface area contributed by atoms with E-state index < -0.39 is 0 Å². The topological polar surface area (TPSA) is 16.4 Å². The molecule has 0 saturated carbocycles. The molecule has 0 radical (unpaired) electrons. The van der Waals surface area contributed by atoms with Crippen molar-refractivity contribution in [3.05, 3.63) is 107 Å². The predicted octanol–water partition coefficient (Wildman–Crippen LogP) is 6.40. The van der Waals surface area contributed by atoms with Gasteiger partial charge >= 0.3 is 0 Å². The van der Waals surface area contributed by atoms with Crippen molar-refractivity contribution in [2.45, 2.75) is 31.7 Å². The van der Waals surface area contributed by atoms with Crippen molar-refractivity contribution in [2.24, 2.45) is 0 Å². The second kappa shape index (κ2) is 8.26. The minimum absolute atomic E-state index is 0.465. The molecule has 2 nitrogen and oxygen atoms in total. The number of hydrogen-bond acceptors (Lipinski definition) is 2. The minimum atomic E-state index is 0.465. The molecule has 0 N–H and O–H groups in total. The summed E-state index contributed by atoms with van der Waals surface area (Å²) >= 11 is 0. The molecular formula is C27H27NO. The maximum absolute atomic E-state index is 6.07. The van der Waals surface area contributed by atoms with E-state index in [0.29, 0.717) is 5.92 Å². The number of para-hydroxylation sites is 1. The fourth-order valence-electron chi connectivity index (χ4n) is 4.69. The van der Waals surface area contributed by atoms with E-state index in [-0.39, 0.29) is 0 Å². The van der Waals surface area contributed by atoms with Gasteiger partial charge in [-0.15, -0.1) is 0 Å². The molecule has 0 fully saturated rings. The molecule has 1 aliphatic heterocycles. The zero-order chi connectivity index (χ0) is 19.5. The van der Waals surface area contributed by atoms with Crippen LogP contribution in [0, 0.1) is 0 Å². The Balaban J connectivity index is 1.27. The third kappa shape index (κ3) is 3.86. The molecule has 1 aliphatic rings. The lowest BCUT2D eigenvalue weighted by Crippen LogP contribution is -2.31. The van der Waals surface area contributed by atoms with E-state index in [4.69, 9.17) is 4.42 Å². The average molecular weight is 382 g/mol. The van der Waals surface area contributed by atoms with Gasteiger partial charge in [-0.05, 0) is 36.6 Å². The van der Waals surface area contributed by atoms with Crippen LogP contribution in [0.25, 0.3) is 11.0 Å². The van der Waals surface area contributed by atoms with Crippen LogP contribution in [-0.4, -0.2) is 18.0 Å². The van der Waals surface area contributed by atoms with Gasteiger partial charge in [0.2, 0.25) is 0 Å². The van der Waals surface area contributed by atoms with Crippen LogP contribution in [0.1, 0.15) is 41.2 Å². The van der Waals surface area contributed by atoms with Crippen LogP contribution in [0.3, 0.4) is 0 Å². The van der Waals surface area contributed by atoms with E-state index in [1.54, 1.807) is 0 Å². The fraction of sp³-hybridized carbons (Fsp3) is 0.259. The van der Waals surface area contributed by atoms with Crippen LogP contribution < -0.4 is 0 Å². The number of benzene rings is 3. The van der Waals surface area contributed by atoms with Gasteiger partial charge in [0.25, 0.3) is 0 Å². The van der Waals surface area contributed by atoms with Crippen molar-refractivity contribution in [1.82, 2.24) is 4.90 Å². The van der Waals surface area contributed by atoms with Gasteiger partial charge in [0.05, 0.1) is 0 Å².